The van der Waals surface area contributed by atoms with Crippen LogP contribution in [-0.2, 0) is 28.5 Å². The molecule has 3 rings (SSSR count). The number of hydrogen-bond donors (Lipinski definition) is 0. The molecule has 0 amide bonds. The molecule has 3 aliphatic rings. The average Bonchev–Trinajstić information content (AvgIpc) is 3.04. The Bertz CT molecular complexity index is 364. The second-order valence-corrected chi connectivity index (χ2v) is 5.35. The molecule has 0 aromatic heterocycles. The summed E-state index contributed by atoms with van der Waals surface area (Å²) in [7, 11) is 0. The van der Waals surface area contributed by atoms with Crippen LogP contribution in [0.4, 0.5) is 0 Å². The maximum atomic E-state index is 11.2. The van der Waals surface area contributed by atoms with Crippen LogP contribution < -0.4 is 0 Å². The van der Waals surface area contributed by atoms with E-state index in [0.29, 0.717) is 26.2 Å². The normalized spacial score (nSPS) is 41.3. The number of carbonyl (C=O) groups is 2. The Morgan fingerprint density at radius 3 is 2.68 bits per heavy atom. The van der Waals surface area contributed by atoms with Crippen molar-refractivity contribution in [2.45, 2.75) is 31.5 Å². The first kappa shape index (κ1) is 13.2. The summed E-state index contributed by atoms with van der Waals surface area (Å²) in [5.74, 6) is -1.65. The molecule has 0 radical (unpaired) electrons. The largest absolute Gasteiger partial charge is 0.345 e. The van der Waals surface area contributed by atoms with Crippen molar-refractivity contribution in [3.8, 4) is 0 Å². The first-order valence-corrected chi connectivity index (χ1v) is 6.67. The van der Waals surface area contributed by atoms with Gasteiger partial charge in [-0.3, -0.25) is 0 Å². The lowest BCUT2D eigenvalue weighted by Crippen LogP contribution is -2.60. The van der Waals surface area contributed by atoms with E-state index in [0.717, 1.165) is 12.6 Å². The highest BCUT2D eigenvalue weighted by molar-refractivity contribution is 5.55. The van der Waals surface area contributed by atoms with E-state index in [4.69, 9.17) is 18.9 Å². The molecule has 3 heterocycles. The summed E-state index contributed by atoms with van der Waals surface area (Å²) in [6.07, 6.45) is 1.30. The van der Waals surface area contributed by atoms with Gasteiger partial charge in [-0.25, -0.2) is 0 Å². The van der Waals surface area contributed by atoms with E-state index in [2.05, 4.69) is 0 Å². The molecule has 6 heteroatoms. The fraction of sp³-hybridized carbons (Fsp3) is 0.846. The zero-order chi connectivity index (χ0) is 13.5. The van der Waals surface area contributed by atoms with Gasteiger partial charge in [0.2, 0.25) is 12.1 Å². The molecule has 0 aromatic rings. The Labute approximate surface area is 111 Å². The van der Waals surface area contributed by atoms with Crippen molar-refractivity contribution in [3.63, 3.8) is 0 Å². The molecule has 19 heavy (non-hydrogen) atoms. The molecule has 3 saturated heterocycles. The SMILES string of the molecule is C[C@@H](C=O)[C@@H]1[C@H](CC=O)[C@H]2CO[C@H](O2)C12OCCO2. The smallest absolute Gasteiger partial charge is 0.224 e. The van der Waals surface area contributed by atoms with E-state index in [1.807, 2.05) is 6.92 Å². The maximum absolute atomic E-state index is 11.2. The third kappa shape index (κ3) is 1.86. The Morgan fingerprint density at radius 2 is 2.05 bits per heavy atom. The van der Waals surface area contributed by atoms with Gasteiger partial charge in [0.05, 0.1) is 25.9 Å². The third-order valence-corrected chi connectivity index (χ3v) is 4.33. The van der Waals surface area contributed by atoms with E-state index < -0.39 is 12.1 Å². The van der Waals surface area contributed by atoms with Crippen LogP contribution in [0.5, 0.6) is 0 Å². The summed E-state index contributed by atoms with van der Waals surface area (Å²) in [6, 6.07) is 0. The molecular formula is C13H18O6. The molecule has 0 N–H and O–H groups in total. The van der Waals surface area contributed by atoms with Gasteiger partial charge in [0.25, 0.3) is 0 Å². The molecule has 3 fully saturated rings. The molecule has 1 spiro atoms. The van der Waals surface area contributed by atoms with Gasteiger partial charge in [-0.2, -0.15) is 0 Å². The number of aldehydes is 2. The molecule has 0 aliphatic carbocycles. The quantitative estimate of drug-likeness (QED) is 0.677. The molecule has 6 nitrogen and oxygen atoms in total. The first-order chi connectivity index (χ1) is 9.23. The second kappa shape index (κ2) is 4.94. The van der Waals surface area contributed by atoms with Crippen LogP contribution in [0.2, 0.25) is 0 Å². The lowest BCUT2D eigenvalue weighted by molar-refractivity contribution is -0.344. The van der Waals surface area contributed by atoms with Crippen LogP contribution in [0.3, 0.4) is 0 Å². The summed E-state index contributed by atoms with van der Waals surface area (Å²) < 4.78 is 22.9. The summed E-state index contributed by atoms with van der Waals surface area (Å²) in [5, 5.41) is 0. The second-order valence-electron chi connectivity index (χ2n) is 5.35. The zero-order valence-electron chi connectivity index (χ0n) is 10.8. The maximum Gasteiger partial charge on any atom is 0.224 e. The first-order valence-electron chi connectivity index (χ1n) is 6.67. The van der Waals surface area contributed by atoms with Crippen molar-refractivity contribution in [3.05, 3.63) is 0 Å². The van der Waals surface area contributed by atoms with Crippen molar-refractivity contribution in [2.24, 2.45) is 17.8 Å². The van der Waals surface area contributed by atoms with Crippen molar-refractivity contribution in [2.75, 3.05) is 19.8 Å². The number of carbonyl (C=O) groups excluding carboxylic acids is 2. The van der Waals surface area contributed by atoms with E-state index in [9.17, 15) is 9.59 Å². The van der Waals surface area contributed by atoms with E-state index in [1.54, 1.807) is 0 Å². The Morgan fingerprint density at radius 1 is 1.32 bits per heavy atom. The Balaban J connectivity index is 1.99. The summed E-state index contributed by atoms with van der Waals surface area (Å²) in [5.41, 5.74) is 0. The van der Waals surface area contributed by atoms with Gasteiger partial charge in [0, 0.05) is 24.2 Å². The highest BCUT2D eigenvalue weighted by atomic mass is 16.8. The van der Waals surface area contributed by atoms with Crippen LogP contribution in [0.15, 0.2) is 0 Å². The highest BCUT2D eigenvalue weighted by Gasteiger charge is 2.64. The minimum atomic E-state index is -1.04. The van der Waals surface area contributed by atoms with Gasteiger partial charge in [0.1, 0.15) is 12.6 Å². The van der Waals surface area contributed by atoms with Crippen LogP contribution in [-0.4, -0.2) is 50.6 Å². The van der Waals surface area contributed by atoms with Crippen LogP contribution in [0, 0.1) is 17.8 Å². The van der Waals surface area contributed by atoms with E-state index >= 15 is 0 Å². The third-order valence-electron chi connectivity index (χ3n) is 4.33. The standard InChI is InChI=1S/C13H18O6/c1-8(6-15)11-9(2-3-14)10-7-16-12(19-10)13(11)17-4-5-18-13/h3,6,8-12H,2,4-5,7H2,1H3/t8-,9+,10+,11+,12+/m0/s1. The summed E-state index contributed by atoms with van der Waals surface area (Å²) in [6.45, 7) is 3.14. The van der Waals surface area contributed by atoms with Gasteiger partial charge >= 0.3 is 0 Å². The van der Waals surface area contributed by atoms with Gasteiger partial charge in [0.15, 0.2) is 0 Å². The van der Waals surface area contributed by atoms with Crippen LogP contribution in [0.25, 0.3) is 0 Å². The summed E-state index contributed by atoms with van der Waals surface area (Å²) >= 11 is 0. The fourth-order valence-corrected chi connectivity index (χ4v) is 3.56. The molecule has 5 atom stereocenters. The molecule has 3 aliphatic heterocycles. The summed E-state index contributed by atoms with van der Waals surface area (Å²) in [4.78, 5) is 22.2. The van der Waals surface area contributed by atoms with Crippen molar-refractivity contribution in [1.29, 1.82) is 0 Å². The lowest BCUT2D eigenvalue weighted by Gasteiger charge is -2.47. The van der Waals surface area contributed by atoms with Crippen LogP contribution in [0.1, 0.15) is 13.3 Å². The lowest BCUT2D eigenvalue weighted by atomic mass is 9.72. The number of fused-ring (bicyclic) bond motifs is 3. The molecule has 2 bridgehead atoms. The van der Waals surface area contributed by atoms with Gasteiger partial charge in [-0.05, 0) is 0 Å². The Kier molecular flexibility index (Phi) is 3.42. The monoisotopic (exact) mass is 270 g/mol. The average molecular weight is 270 g/mol. The highest BCUT2D eigenvalue weighted by Crippen LogP contribution is 2.50. The van der Waals surface area contributed by atoms with Crippen molar-refractivity contribution < 1.29 is 28.5 Å². The topological polar surface area (TPSA) is 71.1 Å². The van der Waals surface area contributed by atoms with Gasteiger partial charge < -0.3 is 28.5 Å². The predicted molar refractivity (Wildman–Crippen MR) is 62.1 cm³/mol. The number of hydrogen-bond acceptors (Lipinski definition) is 6. The minimum absolute atomic E-state index is 0.116. The molecular weight excluding hydrogens is 252 g/mol. The fourth-order valence-electron chi connectivity index (χ4n) is 3.56. The minimum Gasteiger partial charge on any atom is -0.345 e. The van der Waals surface area contributed by atoms with Gasteiger partial charge in [-0.15, -0.1) is 0 Å². The van der Waals surface area contributed by atoms with E-state index in [1.165, 1.54) is 0 Å². The molecule has 0 aromatic carbocycles. The van der Waals surface area contributed by atoms with Crippen LogP contribution >= 0.6 is 0 Å². The molecule has 0 saturated carbocycles. The number of rotatable bonds is 4. The van der Waals surface area contributed by atoms with Gasteiger partial charge in [-0.1, -0.05) is 6.92 Å². The number of ether oxygens (including phenoxy) is 4. The molecule has 0 unspecified atom stereocenters. The zero-order valence-corrected chi connectivity index (χ0v) is 10.8. The van der Waals surface area contributed by atoms with Crippen molar-refractivity contribution >= 4 is 12.6 Å². The van der Waals surface area contributed by atoms with Crippen molar-refractivity contribution in [1.82, 2.24) is 0 Å². The molecule has 106 valence electrons. The predicted octanol–water partition coefficient (Wildman–Crippen LogP) is 0.141. The van der Waals surface area contributed by atoms with E-state index in [-0.39, 0.29) is 23.9 Å². The Hall–Kier alpha value is -0.820.